The number of ether oxygens (including phenoxy) is 3. The van der Waals surface area contributed by atoms with Crippen molar-refractivity contribution < 1.29 is 24.4 Å². The van der Waals surface area contributed by atoms with Crippen LogP contribution in [0.5, 0.6) is 17.2 Å². The SMILES string of the molecule is COc1cc(C(O)C(O)CCN)cc(OC)c1OC. The Kier molecular flexibility index (Phi) is 5.88. The van der Waals surface area contributed by atoms with Gasteiger partial charge in [-0.05, 0) is 30.7 Å². The highest BCUT2D eigenvalue weighted by Gasteiger charge is 2.22. The minimum Gasteiger partial charge on any atom is -0.493 e. The van der Waals surface area contributed by atoms with Crippen LogP contribution in [0.3, 0.4) is 0 Å². The predicted molar refractivity (Wildman–Crippen MR) is 70.7 cm³/mol. The van der Waals surface area contributed by atoms with Crippen molar-refractivity contribution in [3.05, 3.63) is 17.7 Å². The predicted octanol–water partition coefficient (Wildman–Crippen LogP) is 0.455. The van der Waals surface area contributed by atoms with E-state index in [2.05, 4.69) is 0 Å². The second-order valence-electron chi connectivity index (χ2n) is 4.05. The molecule has 1 aromatic carbocycles. The zero-order chi connectivity index (χ0) is 14.4. The first-order valence-electron chi connectivity index (χ1n) is 5.95. The highest BCUT2D eigenvalue weighted by Crippen LogP contribution is 2.40. The second-order valence-corrected chi connectivity index (χ2v) is 4.05. The van der Waals surface area contributed by atoms with Crippen LogP contribution in [-0.4, -0.2) is 44.2 Å². The molecular formula is C13H21NO5. The molecule has 6 nitrogen and oxygen atoms in total. The van der Waals surface area contributed by atoms with Crippen LogP contribution in [0.15, 0.2) is 12.1 Å². The molecule has 0 aliphatic rings. The number of rotatable bonds is 7. The van der Waals surface area contributed by atoms with Gasteiger partial charge in [0.1, 0.15) is 6.10 Å². The molecule has 0 fully saturated rings. The Balaban J connectivity index is 3.15. The largest absolute Gasteiger partial charge is 0.493 e. The molecule has 6 heteroatoms. The molecule has 0 aromatic heterocycles. The quantitative estimate of drug-likeness (QED) is 0.667. The van der Waals surface area contributed by atoms with Crippen LogP contribution < -0.4 is 19.9 Å². The van der Waals surface area contributed by atoms with Crippen LogP contribution in [0.2, 0.25) is 0 Å². The Hall–Kier alpha value is -1.50. The van der Waals surface area contributed by atoms with Gasteiger partial charge in [-0.3, -0.25) is 0 Å². The van der Waals surface area contributed by atoms with E-state index in [1.54, 1.807) is 12.1 Å². The number of aliphatic hydroxyl groups excluding tert-OH is 2. The van der Waals surface area contributed by atoms with Crippen molar-refractivity contribution >= 4 is 0 Å². The monoisotopic (exact) mass is 271 g/mol. The summed E-state index contributed by atoms with van der Waals surface area (Å²) in [6, 6.07) is 3.21. The van der Waals surface area contributed by atoms with Crippen molar-refractivity contribution in [3.8, 4) is 17.2 Å². The number of hydrogen-bond acceptors (Lipinski definition) is 6. The van der Waals surface area contributed by atoms with Crippen molar-refractivity contribution in [1.82, 2.24) is 0 Å². The van der Waals surface area contributed by atoms with E-state index in [1.165, 1.54) is 21.3 Å². The molecule has 0 spiro atoms. The van der Waals surface area contributed by atoms with E-state index in [0.29, 0.717) is 35.8 Å². The summed E-state index contributed by atoms with van der Waals surface area (Å²) in [5.41, 5.74) is 5.84. The summed E-state index contributed by atoms with van der Waals surface area (Å²) in [5, 5.41) is 19.8. The summed E-state index contributed by atoms with van der Waals surface area (Å²) in [7, 11) is 4.48. The van der Waals surface area contributed by atoms with Crippen LogP contribution in [0.25, 0.3) is 0 Å². The summed E-state index contributed by atoms with van der Waals surface area (Å²) in [6.45, 7) is 0.294. The van der Waals surface area contributed by atoms with Gasteiger partial charge in [-0.2, -0.15) is 0 Å². The average molecular weight is 271 g/mol. The molecular weight excluding hydrogens is 250 g/mol. The zero-order valence-corrected chi connectivity index (χ0v) is 11.4. The van der Waals surface area contributed by atoms with Gasteiger partial charge >= 0.3 is 0 Å². The third kappa shape index (κ3) is 3.50. The molecule has 0 radical (unpaired) electrons. The lowest BCUT2D eigenvalue weighted by molar-refractivity contribution is 0.0148. The van der Waals surface area contributed by atoms with E-state index in [1.807, 2.05) is 0 Å². The highest BCUT2D eigenvalue weighted by molar-refractivity contribution is 5.54. The normalized spacial score (nSPS) is 13.8. The van der Waals surface area contributed by atoms with E-state index in [4.69, 9.17) is 19.9 Å². The summed E-state index contributed by atoms with van der Waals surface area (Å²) in [6.07, 6.45) is -1.69. The van der Waals surface area contributed by atoms with Crippen molar-refractivity contribution in [2.75, 3.05) is 27.9 Å². The van der Waals surface area contributed by atoms with Gasteiger partial charge in [0, 0.05) is 0 Å². The molecule has 2 unspecified atom stereocenters. The van der Waals surface area contributed by atoms with Crippen LogP contribution in [0.4, 0.5) is 0 Å². The van der Waals surface area contributed by atoms with E-state index in [0.717, 1.165) is 0 Å². The average Bonchev–Trinajstić information content (AvgIpc) is 2.44. The van der Waals surface area contributed by atoms with Gasteiger partial charge < -0.3 is 30.2 Å². The molecule has 2 atom stereocenters. The number of hydrogen-bond donors (Lipinski definition) is 3. The summed E-state index contributed by atoms with van der Waals surface area (Å²) in [5.74, 6) is 1.29. The van der Waals surface area contributed by atoms with Crippen LogP contribution in [0, 0.1) is 0 Å². The minimum absolute atomic E-state index is 0.294. The molecule has 0 saturated carbocycles. The van der Waals surface area contributed by atoms with E-state index in [9.17, 15) is 10.2 Å². The maximum Gasteiger partial charge on any atom is 0.203 e. The van der Waals surface area contributed by atoms with E-state index >= 15 is 0 Å². The molecule has 0 aliphatic heterocycles. The Morgan fingerprint density at radius 1 is 1.05 bits per heavy atom. The standard InChI is InChI=1S/C13H21NO5/c1-17-10-6-8(12(16)9(15)4-5-14)7-11(18-2)13(10)19-3/h6-7,9,12,15-16H,4-5,14H2,1-3H3. The highest BCUT2D eigenvalue weighted by atomic mass is 16.5. The fraction of sp³-hybridized carbons (Fsp3) is 0.538. The van der Waals surface area contributed by atoms with E-state index < -0.39 is 12.2 Å². The molecule has 0 aliphatic carbocycles. The minimum atomic E-state index is -1.06. The number of nitrogens with two attached hydrogens (primary N) is 1. The first kappa shape index (κ1) is 15.6. The van der Waals surface area contributed by atoms with Crippen LogP contribution >= 0.6 is 0 Å². The Morgan fingerprint density at radius 2 is 1.58 bits per heavy atom. The lowest BCUT2D eigenvalue weighted by Crippen LogP contribution is -2.21. The maximum atomic E-state index is 10.1. The molecule has 1 rings (SSSR count). The molecule has 0 bridgehead atoms. The molecule has 108 valence electrons. The lowest BCUT2D eigenvalue weighted by atomic mass is 10.0. The molecule has 0 saturated heterocycles. The first-order valence-corrected chi connectivity index (χ1v) is 5.95. The lowest BCUT2D eigenvalue weighted by Gasteiger charge is -2.20. The van der Waals surface area contributed by atoms with E-state index in [-0.39, 0.29) is 0 Å². The number of methoxy groups -OCH3 is 3. The summed E-state index contributed by atoms with van der Waals surface area (Å²) >= 11 is 0. The molecule has 0 amide bonds. The van der Waals surface area contributed by atoms with Crippen molar-refractivity contribution in [3.63, 3.8) is 0 Å². The summed E-state index contributed by atoms with van der Waals surface area (Å²) < 4.78 is 15.6. The van der Waals surface area contributed by atoms with Crippen molar-refractivity contribution in [2.24, 2.45) is 5.73 Å². The Labute approximate surface area is 112 Å². The van der Waals surface area contributed by atoms with Gasteiger partial charge in [0.2, 0.25) is 5.75 Å². The number of benzene rings is 1. The Morgan fingerprint density at radius 3 is 1.95 bits per heavy atom. The van der Waals surface area contributed by atoms with Gasteiger partial charge in [0.25, 0.3) is 0 Å². The van der Waals surface area contributed by atoms with Gasteiger partial charge in [-0.25, -0.2) is 0 Å². The van der Waals surface area contributed by atoms with Crippen LogP contribution in [0.1, 0.15) is 18.1 Å². The van der Waals surface area contributed by atoms with Crippen molar-refractivity contribution in [1.29, 1.82) is 0 Å². The fourth-order valence-electron chi connectivity index (χ4n) is 1.82. The van der Waals surface area contributed by atoms with Gasteiger partial charge in [0.15, 0.2) is 11.5 Å². The molecule has 19 heavy (non-hydrogen) atoms. The third-order valence-corrected chi connectivity index (χ3v) is 2.86. The second kappa shape index (κ2) is 7.18. The smallest absolute Gasteiger partial charge is 0.203 e. The van der Waals surface area contributed by atoms with Gasteiger partial charge in [-0.15, -0.1) is 0 Å². The number of aliphatic hydroxyl groups is 2. The Bertz CT molecular complexity index is 385. The summed E-state index contributed by atoms with van der Waals surface area (Å²) in [4.78, 5) is 0. The topological polar surface area (TPSA) is 94.2 Å². The zero-order valence-electron chi connectivity index (χ0n) is 11.4. The maximum absolute atomic E-state index is 10.1. The molecule has 0 heterocycles. The van der Waals surface area contributed by atoms with Crippen LogP contribution in [-0.2, 0) is 0 Å². The van der Waals surface area contributed by atoms with Gasteiger partial charge in [-0.1, -0.05) is 0 Å². The third-order valence-electron chi connectivity index (χ3n) is 2.86. The molecule has 4 N–H and O–H groups in total. The molecule has 1 aromatic rings. The van der Waals surface area contributed by atoms with Crippen molar-refractivity contribution in [2.45, 2.75) is 18.6 Å². The fourth-order valence-corrected chi connectivity index (χ4v) is 1.82. The van der Waals surface area contributed by atoms with Gasteiger partial charge in [0.05, 0.1) is 27.4 Å². The first-order chi connectivity index (χ1) is 9.08.